The first-order valence-corrected chi connectivity index (χ1v) is 7.72. The number of hydrazine groups is 1. The SMILES string of the molecule is COc1ccc(-n2nnc3cnc(N[C@@H]4CCN(N)C4)nc32)cc1. The summed E-state index contributed by atoms with van der Waals surface area (Å²) in [5.41, 5.74) is 2.15. The number of fused-ring (bicyclic) bond motifs is 1. The first kappa shape index (κ1) is 14.8. The lowest BCUT2D eigenvalue weighted by Gasteiger charge is -2.12. The van der Waals surface area contributed by atoms with Crippen LogP contribution in [0.2, 0.25) is 0 Å². The van der Waals surface area contributed by atoms with E-state index in [1.807, 2.05) is 24.3 Å². The van der Waals surface area contributed by atoms with Crippen molar-refractivity contribution in [3.8, 4) is 11.4 Å². The van der Waals surface area contributed by atoms with Gasteiger partial charge in [-0.3, -0.25) is 5.84 Å². The number of hydrogen-bond donors (Lipinski definition) is 2. The highest BCUT2D eigenvalue weighted by atomic mass is 16.5. The van der Waals surface area contributed by atoms with Crippen molar-refractivity contribution in [1.29, 1.82) is 0 Å². The monoisotopic (exact) mass is 326 g/mol. The lowest BCUT2D eigenvalue weighted by molar-refractivity contribution is 0.352. The van der Waals surface area contributed by atoms with Crippen LogP contribution < -0.4 is 15.9 Å². The van der Waals surface area contributed by atoms with E-state index in [0.717, 1.165) is 30.9 Å². The van der Waals surface area contributed by atoms with Gasteiger partial charge in [-0.2, -0.15) is 9.67 Å². The Kier molecular flexibility index (Phi) is 3.71. The van der Waals surface area contributed by atoms with Crippen molar-refractivity contribution < 1.29 is 4.74 Å². The molecule has 0 spiro atoms. The molecule has 24 heavy (non-hydrogen) atoms. The van der Waals surface area contributed by atoms with Crippen LogP contribution in [0.15, 0.2) is 30.5 Å². The topological polar surface area (TPSA) is 107 Å². The summed E-state index contributed by atoms with van der Waals surface area (Å²) < 4.78 is 6.87. The Bertz CT molecular complexity index is 846. The maximum absolute atomic E-state index is 5.79. The molecule has 9 nitrogen and oxygen atoms in total. The van der Waals surface area contributed by atoms with Gasteiger partial charge in [0.2, 0.25) is 5.95 Å². The summed E-state index contributed by atoms with van der Waals surface area (Å²) >= 11 is 0. The number of anilines is 1. The van der Waals surface area contributed by atoms with Gasteiger partial charge in [0, 0.05) is 19.1 Å². The third-order valence-corrected chi connectivity index (χ3v) is 4.06. The maximum Gasteiger partial charge on any atom is 0.225 e. The minimum absolute atomic E-state index is 0.248. The van der Waals surface area contributed by atoms with Crippen molar-refractivity contribution in [3.63, 3.8) is 0 Å². The van der Waals surface area contributed by atoms with Crippen LogP contribution in [0.4, 0.5) is 5.95 Å². The van der Waals surface area contributed by atoms with Crippen molar-refractivity contribution in [2.24, 2.45) is 5.84 Å². The Morgan fingerprint density at radius 2 is 2.12 bits per heavy atom. The molecule has 0 radical (unpaired) electrons. The largest absolute Gasteiger partial charge is 0.497 e. The summed E-state index contributed by atoms with van der Waals surface area (Å²) in [4.78, 5) is 8.88. The minimum atomic E-state index is 0.248. The summed E-state index contributed by atoms with van der Waals surface area (Å²) in [6.45, 7) is 1.64. The predicted octanol–water partition coefficient (Wildman–Crippen LogP) is 0.579. The van der Waals surface area contributed by atoms with Crippen molar-refractivity contribution in [1.82, 2.24) is 30.0 Å². The minimum Gasteiger partial charge on any atom is -0.497 e. The van der Waals surface area contributed by atoms with Gasteiger partial charge in [-0.15, -0.1) is 5.10 Å². The zero-order valence-electron chi connectivity index (χ0n) is 13.3. The van der Waals surface area contributed by atoms with E-state index in [4.69, 9.17) is 10.6 Å². The molecule has 1 fully saturated rings. The molecule has 0 aliphatic carbocycles. The fourth-order valence-corrected chi connectivity index (χ4v) is 2.78. The first-order chi connectivity index (χ1) is 11.7. The quantitative estimate of drug-likeness (QED) is 0.671. The molecule has 1 aromatic carbocycles. The molecule has 3 aromatic rings. The molecule has 1 saturated heterocycles. The number of rotatable bonds is 4. The molecule has 4 rings (SSSR count). The summed E-state index contributed by atoms with van der Waals surface area (Å²) in [7, 11) is 1.64. The van der Waals surface area contributed by atoms with Gasteiger partial charge in [-0.05, 0) is 30.7 Å². The van der Waals surface area contributed by atoms with Gasteiger partial charge >= 0.3 is 0 Å². The number of methoxy groups -OCH3 is 1. The van der Waals surface area contributed by atoms with E-state index in [0.29, 0.717) is 17.1 Å². The second kappa shape index (κ2) is 6.02. The van der Waals surface area contributed by atoms with Crippen LogP contribution in [-0.4, -0.2) is 56.2 Å². The van der Waals surface area contributed by atoms with Crippen molar-refractivity contribution in [3.05, 3.63) is 30.5 Å². The highest BCUT2D eigenvalue weighted by molar-refractivity contribution is 5.72. The Morgan fingerprint density at radius 1 is 1.29 bits per heavy atom. The number of ether oxygens (including phenoxy) is 1. The second-order valence-electron chi connectivity index (χ2n) is 5.73. The summed E-state index contributed by atoms with van der Waals surface area (Å²) in [5.74, 6) is 7.14. The van der Waals surface area contributed by atoms with Crippen LogP contribution >= 0.6 is 0 Å². The summed E-state index contributed by atoms with van der Waals surface area (Å²) in [6.07, 6.45) is 2.64. The van der Waals surface area contributed by atoms with Crippen molar-refractivity contribution >= 4 is 17.1 Å². The predicted molar refractivity (Wildman–Crippen MR) is 88.8 cm³/mol. The standard InChI is InChI=1S/C15H18N8O/c1-24-12-4-2-11(3-5-12)23-14-13(20-21-23)8-17-15(19-14)18-10-6-7-22(16)9-10/h2-5,8,10H,6-7,9,16H2,1H3,(H,17,18,19)/t10-/m1/s1. The molecule has 0 amide bonds. The van der Waals surface area contributed by atoms with Crippen molar-refractivity contribution in [2.45, 2.75) is 12.5 Å². The number of aromatic nitrogens is 5. The number of hydrogen-bond acceptors (Lipinski definition) is 8. The molecular weight excluding hydrogens is 308 g/mol. The fourth-order valence-electron chi connectivity index (χ4n) is 2.78. The van der Waals surface area contributed by atoms with Gasteiger partial charge in [0.25, 0.3) is 0 Å². The molecule has 1 atom stereocenters. The van der Waals surface area contributed by atoms with Gasteiger partial charge in [-0.1, -0.05) is 5.21 Å². The van der Waals surface area contributed by atoms with Gasteiger partial charge in [0.15, 0.2) is 11.2 Å². The van der Waals surface area contributed by atoms with Gasteiger partial charge in [-0.25, -0.2) is 9.99 Å². The van der Waals surface area contributed by atoms with E-state index in [9.17, 15) is 0 Å². The van der Waals surface area contributed by atoms with Crippen LogP contribution in [0.1, 0.15) is 6.42 Å². The van der Waals surface area contributed by atoms with E-state index in [1.54, 1.807) is 23.0 Å². The summed E-state index contributed by atoms with van der Waals surface area (Å²) in [6, 6.07) is 7.81. The highest BCUT2D eigenvalue weighted by Crippen LogP contribution is 2.19. The molecular formula is C15H18N8O. The number of nitrogens with zero attached hydrogens (tertiary/aromatic N) is 6. The lowest BCUT2D eigenvalue weighted by Crippen LogP contribution is -2.31. The van der Waals surface area contributed by atoms with Crippen molar-refractivity contribution in [2.75, 3.05) is 25.5 Å². The molecule has 124 valence electrons. The Hall–Kier alpha value is -2.78. The average Bonchev–Trinajstić information content (AvgIpc) is 3.21. The highest BCUT2D eigenvalue weighted by Gasteiger charge is 2.21. The van der Waals surface area contributed by atoms with E-state index in [-0.39, 0.29) is 6.04 Å². The van der Waals surface area contributed by atoms with E-state index < -0.39 is 0 Å². The molecule has 0 bridgehead atoms. The Balaban J connectivity index is 1.65. The number of nitrogens with two attached hydrogens (primary N) is 1. The third-order valence-electron chi connectivity index (χ3n) is 4.06. The maximum atomic E-state index is 5.79. The number of benzene rings is 1. The van der Waals surface area contributed by atoms with Gasteiger partial charge < -0.3 is 10.1 Å². The fraction of sp³-hybridized carbons (Fsp3) is 0.333. The zero-order chi connectivity index (χ0) is 16.5. The lowest BCUT2D eigenvalue weighted by atomic mass is 10.3. The van der Waals surface area contributed by atoms with Crippen LogP contribution in [0.5, 0.6) is 5.75 Å². The molecule has 1 aliphatic heterocycles. The van der Waals surface area contributed by atoms with Gasteiger partial charge in [0.1, 0.15) is 5.75 Å². The molecule has 0 saturated carbocycles. The molecule has 3 N–H and O–H groups in total. The van der Waals surface area contributed by atoms with Gasteiger partial charge in [0.05, 0.1) is 19.0 Å². The molecule has 3 heterocycles. The molecule has 0 unspecified atom stereocenters. The summed E-state index contributed by atoms with van der Waals surface area (Å²) in [5, 5.41) is 13.4. The molecule has 2 aromatic heterocycles. The van der Waals surface area contributed by atoms with Crippen LogP contribution in [0.25, 0.3) is 16.9 Å². The van der Waals surface area contributed by atoms with E-state index in [2.05, 4.69) is 25.6 Å². The second-order valence-corrected chi connectivity index (χ2v) is 5.73. The normalized spacial score (nSPS) is 18.2. The van der Waals surface area contributed by atoms with Crippen LogP contribution in [0.3, 0.4) is 0 Å². The first-order valence-electron chi connectivity index (χ1n) is 7.72. The van der Waals surface area contributed by atoms with Crippen LogP contribution in [0, 0.1) is 0 Å². The number of nitrogens with one attached hydrogen (secondary N) is 1. The van der Waals surface area contributed by atoms with E-state index >= 15 is 0 Å². The third kappa shape index (κ3) is 2.74. The van der Waals surface area contributed by atoms with E-state index in [1.165, 1.54) is 0 Å². The Morgan fingerprint density at radius 3 is 2.83 bits per heavy atom. The average molecular weight is 326 g/mol. The Labute approximate surface area is 138 Å². The van der Waals surface area contributed by atoms with Crippen LogP contribution in [-0.2, 0) is 0 Å². The molecule has 1 aliphatic rings. The zero-order valence-corrected chi connectivity index (χ0v) is 13.3. The smallest absolute Gasteiger partial charge is 0.225 e. The molecule has 9 heteroatoms.